The highest BCUT2D eigenvalue weighted by molar-refractivity contribution is 7.91. The quantitative estimate of drug-likeness (QED) is 0.387. The number of benzene rings is 1. The van der Waals surface area contributed by atoms with E-state index in [1.54, 1.807) is 38.1 Å². The van der Waals surface area contributed by atoms with Gasteiger partial charge in [-0.15, -0.1) is 0 Å². The van der Waals surface area contributed by atoms with Crippen molar-refractivity contribution in [1.82, 2.24) is 0 Å². The van der Waals surface area contributed by atoms with E-state index < -0.39 is 17.4 Å². The molecule has 0 aliphatic rings. The van der Waals surface area contributed by atoms with Crippen molar-refractivity contribution >= 4 is 17.4 Å². The summed E-state index contributed by atoms with van der Waals surface area (Å²) in [4.78, 5) is 0.311. The molecule has 0 aliphatic carbocycles. The zero-order chi connectivity index (χ0) is 18.1. The number of hydrogen-bond acceptors (Lipinski definition) is 5. The van der Waals surface area contributed by atoms with Crippen LogP contribution in [-0.2, 0) is 29.6 Å². The molecular weight excluding hydrogens is 347 g/mol. The third kappa shape index (κ3) is 7.06. The minimum atomic E-state index is -3.25. The summed E-state index contributed by atoms with van der Waals surface area (Å²) >= 11 is 0. The van der Waals surface area contributed by atoms with E-state index in [1.165, 1.54) is 0 Å². The van der Waals surface area contributed by atoms with E-state index >= 15 is 0 Å². The summed E-state index contributed by atoms with van der Waals surface area (Å²) in [7, 11) is -6.43. The van der Waals surface area contributed by atoms with Crippen LogP contribution in [0.1, 0.15) is 52.0 Å². The van der Waals surface area contributed by atoms with Gasteiger partial charge in [0, 0.05) is 0 Å². The standard InChI is InChI=1S/C17H29O5PS/c1-4-7-8-9-14-24(19,20)17-12-10-16(11-13-17)15-23(18,21-5-2)22-6-3/h10-13H,4-9,14-15H2,1-3H3. The highest BCUT2D eigenvalue weighted by Crippen LogP contribution is 2.51. The molecule has 5 nitrogen and oxygen atoms in total. The van der Waals surface area contributed by atoms with Crippen LogP contribution >= 0.6 is 7.60 Å². The zero-order valence-corrected chi connectivity index (χ0v) is 16.6. The first-order valence-corrected chi connectivity index (χ1v) is 11.9. The third-order valence-corrected chi connectivity index (χ3v) is 7.45. The monoisotopic (exact) mass is 376 g/mol. The van der Waals surface area contributed by atoms with Gasteiger partial charge in [0.05, 0.1) is 30.0 Å². The van der Waals surface area contributed by atoms with Gasteiger partial charge in [0.15, 0.2) is 9.84 Å². The number of sulfone groups is 1. The summed E-state index contributed by atoms with van der Waals surface area (Å²) in [6, 6.07) is 6.52. The number of rotatable bonds is 12. The van der Waals surface area contributed by atoms with Gasteiger partial charge in [0.1, 0.15) is 0 Å². The van der Waals surface area contributed by atoms with Crippen molar-refractivity contribution in [3.63, 3.8) is 0 Å². The SMILES string of the molecule is CCCCCCS(=O)(=O)c1ccc(CP(=O)(OCC)OCC)cc1. The maximum Gasteiger partial charge on any atom is 0.335 e. The molecule has 0 bridgehead atoms. The second kappa shape index (κ2) is 10.3. The topological polar surface area (TPSA) is 69.7 Å². The molecule has 138 valence electrons. The maximum atomic E-state index is 12.5. The molecule has 0 radical (unpaired) electrons. The van der Waals surface area contributed by atoms with Crippen molar-refractivity contribution in [2.45, 2.75) is 57.5 Å². The Morgan fingerprint density at radius 2 is 1.50 bits per heavy atom. The van der Waals surface area contributed by atoms with Crippen LogP contribution in [0.3, 0.4) is 0 Å². The summed E-state index contributed by atoms with van der Waals surface area (Å²) < 4.78 is 47.6. The summed E-state index contributed by atoms with van der Waals surface area (Å²) in [5.41, 5.74) is 0.741. The molecule has 1 rings (SSSR count). The minimum absolute atomic E-state index is 0.144. The molecule has 0 saturated carbocycles. The predicted octanol–water partition coefficient (Wildman–Crippen LogP) is 4.81. The minimum Gasteiger partial charge on any atom is -0.309 e. The van der Waals surface area contributed by atoms with Crippen molar-refractivity contribution in [1.29, 1.82) is 0 Å². The number of unbranched alkanes of at least 4 members (excludes halogenated alkanes) is 3. The lowest BCUT2D eigenvalue weighted by atomic mass is 10.2. The van der Waals surface area contributed by atoms with E-state index in [4.69, 9.17) is 9.05 Å². The largest absolute Gasteiger partial charge is 0.335 e. The highest BCUT2D eigenvalue weighted by atomic mass is 32.2. The zero-order valence-electron chi connectivity index (χ0n) is 14.9. The molecule has 0 N–H and O–H groups in total. The average Bonchev–Trinajstić information content (AvgIpc) is 2.52. The van der Waals surface area contributed by atoms with E-state index in [2.05, 4.69) is 6.92 Å². The van der Waals surface area contributed by atoms with E-state index in [9.17, 15) is 13.0 Å². The fourth-order valence-electron chi connectivity index (χ4n) is 2.38. The number of hydrogen-bond donors (Lipinski definition) is 0. The second-order valence-corrected chi connectivity index (χ2v) is 9.79. The van der Waals surface area contributed by atoms with Gasteiger partial charge in [0.25, 0.3) is 0 Å². The van der Waals surface area contributed by atoms with Crippen LogP contribution in [0.4, 0.5) is 0 Å². The first-order chi connectivity index (χ1) is 11.4. The molecule has 0 saturated heterocycles. The Kier molecular flexibility index (Phi) is 9.21. The molecule has 0 aromatic heterocycles. The second-order valence-electron chi connectivity index (χ2n) is 5.63. The third-order valence-electron chi connectivity index (χ3n) is 3.58. The van der Waals surface area contributed by atoms with E-state index in [0.29, 0.717) is 24.5 Å². The van der Waals surface area contributed by atoms with Crippen molar-refractivity contribution in [3.05, 3.63) is 29.8 Å². The molecule has 24 heavy (non-hydrogen) atoms. The molecule has 0 heterocycles. The lowest BCUT2D eigenvalue weighted by Crippen LogP contribution is -2.07. The normalized spacial score (nSPS) is 12.5. The highest BCUT2D eigenvalue weighted by Gasteiger charge is 2.24. The molecule has 0 fully saturated rings. The van der Waals surface area contributed by atoms with Crippen molar-refractivity contribution in [2.75, 3.05) is 19.0 Å². The lowest BCUT2D eigenvalue weighted by Gasteiger charge is -2.17. The van der Waals surface area contributed by atoms with E-state index in [0.717, 1.165) is 24.8 Å². The van der Waals surface area contributed by atoms with Crippen LogP contribution in [0.2, 0.25) is 0 Å². The van der Waals surface area contributed by atoms with E-state index in [1.807, 2.05) is 0 Å². The fourth-order valence-corrected chi connectivity index (χ4v) is 5.46. The van der Waals surface area contributed by atoms with Crippen LogP contribution in [0.5, 0.6) is 0 Å². The van der Waals surface area contributed by atoms with Crippen molar-refractivity contribution < 1.29 is 22.0 Å². The Labute approximate surface area is 146 Å². The summed E-state index contributed by atoms with van der Waals surface area (Å²) in [6.45, 7) is 6.24. The molecule has 0 aliphatic heterocycles. The molecule has 0 atom stereocenters. The smallest absolute Gasteiger partial charge is 0.309 e. The maximum absolute atomic E-state index is 12.5. The molecule has 0 unspecified atom stereocenters. The van der Waals surface area contributed by atoms with Crippen molar-refractivity contribution in [3.8, 4) is 0 Å². The average molecular weight is 376 g/mol. The van der Waals surface area contributed by atoms with Gasteiger partial charge < -0.3 is 9.05 Å². The Balaban J connectivity index is 2.75. The molecule has 0 amide bonds. The van der Waals surface area contributed by atoms with Crippen LogP contribution in [0.25, 0.3) is 0 Å². The van der Waals surface area contributed by atoms with Crippen LogP contribution in [-0.4, -0.2) is 27.4 Å². The van der Waals surface area contributed by atoms with Gasteiger partial charge in [-0.05, 0) is 38.0 Å². The Hall–Kier alpha value is -0.680. The van der Waals surface area contributed by atoms with Crippen LogP contribution in [0, 0.1) is 0 Å². The first-order valence-electron chi connectivity index (χ1n) is 8.56. The first kappa shape index (κ1) is 21.4. The van der Waals surface area contributed by atoms with Gasteiger partial charge in [-0.1, -0.05) is 38.3 Å². The lowest BCUT2D eigenvalue weighted by molar-refractivity contribution is 0.219. The molecule has 1 aromatic carbocycles. The van der Waals surface area contributed by atoms with Crippen molar-refractivity contribution in [2.24, 2.45) is 0 Å². The van der Waals surface area contributed by atoms with Gasteiger partial charge in [-0.3, -0.25) is 4.57 Å². The molecule has 1 aromatic rings. The summed E-state index contributed by atoms with van der Waals surface area (Å²) in [5, 5.41) is 0. The van der Waals surface area contributed by atoms with Gasteiger partial charge in [0.2, 0.25) is 0 Å². The Morgan fingerprint density at radius 3 is 2.00 bits per heavy atom. The van der Waals surface area contributed by atoms with Gasteiger partial charge in [-0.2, -0.15) is 0 Å². The summed E-state index contributed by atoms with van der Waals surface area (Å²) in [5.74, 6) is 0.169. The Morgan fingerprint density at radius 1 is 0.917 bits per heavy atom. The van der Waals surface area contributed by atoms with Gasteiger partial charge in [-0.25, -0.2) is 8.42 Å². The molecule has 0 spiro atoms. The predicted molar refractivity (Wildman–Crippen MR) is 97.2 cm³/mol. The summed E-state index contributed by atoms with van der Waals surface area (Å²) in [6.07, 6.45) is 3.89. The molecular formula is C17H29O5PS. The fraction of sp³-hybridized carbons (Fsp3) is 0.647. The Bertz CT molecular complexity index is 615. The van der Waals surface area contributed by atoms with Crippen LogP contribution in [0.15, 0.2) is 29.2 Å². The van der Waals surface area contributed by atoms with Gasteiger partial charge >= 0.3 is 7.60 Å². The van der Waals surface area contributed by atoms with E-state index in [-0.39, 0.29) is 11.9 Å². The molecule has 7 heteroatoms. The van der Waals surface area contributed by atoms with Crippen LogP contribution < -0.4 is 0 Å².